The predicted molar refractivity (Wildman–Crippen MR) is 59.2 cm³/mol. The molecule has 0 spiro atoms. The van der Waals surface area contributed by atoms with E-state index in [4.69, 9.17) is 5.11 Å². The minimum Gasteiger partial charge on any atom is -0.390 e. The van der Waals surface area contributed by atoms with Gasteiger partial charge in [-0.25, -0.2) is 13.1 Å². The second kappa shape index (κ2) is 4.57. The highest BCUT2D eigenvalue weighted by Gasteiger charge is 2.21. The number of H-pyrrole nitrogens is 1. The molecule has 16 heavy (non-hydrogen) atoms. The molecule has 0 atom stereocenters. The first-order valence-electron chi connectivity index (χ1n) is 5.39. The average Bonchev–Trinajstić information content (AvgIpc) is 2.63. The summed E-state index contributed by atoms with van der Waals surface area (Å²) in [4.78, 5) is 2.90. The third-order valence-electron chi connectivity index (χ3n) is 2.98. The Kier molecular flexibility index (Phi) is 3.32. The number of aromatic nitrogens is 1. The number of rotatable bonds is 5. The monoisotopic (exact) mass is 244 g/mol. The molecule has 1 fully saturated rings. The first kappa shape index (κ1) is 11.6. The molecule has 1 aliphatic rings. The standard InChI is InChI=1S/C10H16N2O3S/c13-7-9-4-10(6-11-9)16(14,15)12-5-8-2-1-3-8/h4,6,8,11-13H,1-3,5,7H2. The lowest BCUT2D eigenvalue weighted by atomic mass is 9.86. The fourth-order valence-electron chi connectivity index (χ4n) is 1.67. The molecule has 6 heteroatoms. The van der Waals surface area contributed by atoms with Crippen molar-refractivity contribution in [1.82, 2.24) is 9.71 Å². The van der Waals surface area contributed by atoms with Gasteiger partial charge in [-0.2, -0.15) is 0 Å². The quantitative estimate of drug-likeness (QED) is 0.708. The molecule has 1 saturated carbocycles. The van der Waals surface area contributed by atoms with Gasteiger partial charge in [-0.15, -0.1) is 0 Å². The average molecular weight is 244 g/mol. The van der Waals surface area contributed by atoms with Gasteiger partial charge in [0.05, 0.1) is 11.5 Å². The minimum atomic E-state index is -3.41. The summed E-state index contributed by atoms with van der Waals surface area (Å²) in [5.41, 5.74) is 0.504. The van der Waals surface area contributed by atoms with Crippen LogP contribution in [0.1, 0.15) is 25.0 Å². The zero-order chi connectivity index (χ0) is 11.6. The normalized spacial score (nSPS) is 17.3. The van der Waals surface area contributed by atoms with Crippen molar-refractivity contribution >= 4 is 10.0 Å². The number of hydrogen-bond donors (Lipinski definition) is 3. The molecule has 1 heterocycles. The zero-order valence-electron chi connectivity index (χ0n) is 8.94. The molecule has 0 radical (unpaired) electrons. The Morgan fingerprint density at radius 2 is 2.25 bits per heavy atom. The van der Waals surface area contributed by atoms with Crippen LogP contribution in [0, 0.1) is 5.92 Å². The Morgan fingerprint density at radius 1 is 1.50 bits per heavy atom. The van der Waals surface area contributed by atoms with Crippen LogP contribution >= 0.6 is 0 Å². The number of hydrogen-bond acceptors (Lipinski definition) is 3. The molecule has 5 nitrogen and oxygen atoms in total. The molecule has 2 rings (SSSR count). The molecule has 1 aliphatic carbocycles. The maximum atomic E-state index is 11.8. The van der Waals surface area contributed by atoms with Gasteiger partial charge in [0.1, 0.15) is 0 Å². The van der Waals surface area contributed by atoms with Crippen molar-refractivity contribution in [2.75, 3.05) is 6.54 Å². The summed E-state index contributed by atoms with van der Waals surface area (Å²) in [6, 6.07) is 1.45. The van der Waals surface area contributed by atoms with Gasteiger partial charge in [-0.05, 0) is 24.8 Å². The van der Waals surface area contributed by atoms with Gasteiger partial charge in [-0.3, -0.25) is 0 Å². The SMILES string of the molecule is O=S(=O)(NCC1CCC1)c1c[nH]c(CO)c1. The van der Waals surface area contributed by atoms with Crippen LogP contribution in [0.2, 0.25) is 0 Å². The van der Waals surface area contributed by atoms with Crippen molar-refractivity contribution in [3.8, 4) is 0 Å². The van der Waals surface area contributed by atoms with E-state index in [0.29, 0.717) is 18.2 Å². The molecule has 0 amide bonds. The van der Waals surface area contributed by atoms with Crippen molar-refractivity contribution in [3.63, 3.8) is 0 Å². The molecule has 1 aromatic rings. The number of aliphatic hydroxyl groups is 1. The predicted octanol–water partition coefficient (Wildman–Crippen LogP) is 0.585. The number of aromatic amines is 1. The largest absolute Gasteiger partial charge is 0.390 e. The van der Waals surface area contributed by atoms with Crippen LogP contribution < -0.4 is 4.72 Å². The van der Waals surface area contributed by atoms with Crippen LogP contribution in [-0.2, 0) is 16.6 Å². The molecule has 3 N–H and O–H groups in total. The summed E-state index contributed by atoms with van der Waals surface area (Å²) in [6.45, 7) is 0.333. The summed E-state index contributed by atoms with van der Waals surface area (Å²) in [5, 5.41) is 8.84. The van der Waals surface area contributed by atoms with Crippen LogP contribution in [0.5, 0.6) is 0 Å². The van der Waals surface area contributed by atoms with E-state index in [-0.39, 0.29) is 11.5 Å². The molecule has 0 unspecified atom stereocenters. The van der Waals surface area contributed by atoms with E-state index in [0.717, 1.165) is 12.8 Å². The van der Waals surface area contributed by atoms with Gasteiger partial charge in [0.25, 0.3) is 0 Å². The second-order valence-electron chi connectivity index (χ2n) is 4.17. The van der Waals surface area contributed by atoms with E-state index in [1.807, 2.05) is 0 Å². The van der Waals surface area contributed by atoms with Crippen molar-refractivity contribution in [3.05, 3.63) is 18.0 Å². The van der Waals surface area contributed by atoms with Gasteiger partial charge >= 0.3 is 0 Å². The summed E-state index contributed by atoms with van der Waals surface area (Å²) >= 11 is 0. The summed E-state index contributed by atoms with van der Waals surface area (Å²) in [5.74, 6) is 0.492. The molecule has 90 valence electrons. The van der Waals surface area contributed by atoms with Gasteiger partial charge < -0.3 is 10.1 Å². The lowest BCUT2D eigenvalue weighted by molar-refractivity contribution is 0.277. The molecule has 1 aromatic heterocycles. The van der Waals surface area contributed by atoms with E-state index in [9.17, 15) is 8.42 Å². The smallest absolute Gasteiger partial charge is 0.242 e. The molecular formula is C10H16N2O3S. The lowest BCUT2D eigenvalue weighted by Crippen LogP contribution is -2.32. The van der Waals surface area contributed by atoms with Crippen LogP contribution in [0.15, 0.2) is 17.2 Å². The molecule has 0 aromatic carbocycles. The fraction of sp³-hybridized carbons (Fsp3) is 0.600. The molecule has 0 aliphatic heterocycles. The molecular weight excluding hydrogens is 228 g/mol. The van der Waals surface area contributed by atoms with Crippen molar-refractivity contribution in [1.29, 1.82) is 0 Å². The number of nitrogens with one attached hydrogen (secondary N) is 2. The van der Waals surface area contributed by atoms with E-state index < -0.39 is 10.0 Å². The van der Waals surface area contributed by atoms with Gasteiger partial charge in [-0.1, -0.05) is 6.42 Å². The number of aliphatic hydroxyl groups excluding tert-OH is 1. The molecule has 0 bridgehead atoms. The van der Waals surface area contributed by atoms with Crippen LogP contribution in [0.25, 0.3) is 0 Å². The van der Waals surface area contributed by atoms with Crippen molar-refractivity contribution in [2.45, 2.75) is 30.8 Å². The minimum absolute atomic E-state index is 0.182. The van der Waals surface area contributed by atoms with Crippen LogP contribution in [0.3, 0.4) is 0 Å². The third-order valence-corrected chi connectivity index (χ3v) is 4.39. The first-order valence-corrected chi connectivity index (χ1v) is 6.88. The van der Waals surface area contributed by atoms with E-state index in [2.05, 4.69) is 9.71 Å². The van der Waals surface area contributed by atoms with E-state index in [1.54, 1.807) is 0 Å². The Balaban J connectivity index is 1.99. The van der Waals surface area contributed by atoms with Crippen LogP contribution in [-0.4, -0.2) is 25.1 Å². The lowest BCUT2D eigenvalue weighted by Gasteiger charge is -2.25. The first-order chi connectivity index (χ1) is 7.62. The maximum absolute atomic E-state index is 11.8. The Hall–Kier alpha value is -0.850. The van der Waals surface area contributed by atoms with Gasteiger partial charge in [0, 0.05) is 18.4 Å². The van der Waals surface area contributed by atoms with E-state index in [1.165, 1.54) is 18.7 Å². The van der Waals surface area contributed by atoms with Crippen molar-refractivity contribution < 1.29 is 13.5 Å². The van der Waals surface area contributed by atoms with E-state index >= 15 is 0 Å². The summed E-state index contributed by atoms with van der Waals surface area (Å²) in [7, 11) is -3.41. The summed E-state index contributed by atoms with van der Waals surface area (Å²) < 4.78 is 26.2. The number of sulfonamides is 1. The summed E-state index contributed by atoms with van der Waals surface area (Å²) in [6.07, 6.45) is 4.81. The second-order valence-corrected chi connectivity index (χ2v) is 5.93. The Morgan fingerprint density at radius 3 is 2.75 bits per heavy atom. The Labute approximate surface area is 94.9 Å². The highest BCUT2D eigenvalue weighted by molar-refractivity contribution is 7.89. The Bertz CT molecular complexity index is 448. The molecule has 0 saturated heterocycles. The highest BCUT2D eigenvalue weighted by Crippen LogP contribution is 2.25. The van der Waals surface area contributed by atoms with Gasteiger partial charge in [0.2, 0.25) is 10.0 Å². The highest BCUT2D eigenvalue weighted by atomic mass is 32.2. The fourth-order valence-corrected chi connectivity index (χ4v) is 2.81. The maximum Gasteiger partial charge on any atom is 0.242 e. The topological polar surface area (TPSA) is 82.2 Å². The zero-order valence-corrected chi connectivity index (χ0v) is 9.76. The van der Waals surface area contributed by atoms with Crippen molar-refractivity contribution in [2.24, 2.45) is 5.92 Å². The van der Waals surface area contributed by atoms with Gasteiger partial charge in [0.15, 0.2) is 0 Å². The van der Waals surface area contributed by atoms with Crippen LogP contribution in [0.4, 0.5) is 0 Å². The third kappa shape index (κ3) is 2.45.